The van der Waals surface area contributed by atoms with E-state index in [-0.39, 0.29) is 18.1 Å². The van der Waals surface area contributed by atoms with Gasteiger partial charge in [-0.25, -0.2) is 5.43 Å². The summed E-state index contributed by atoms with van der Waals surface area (Å²) in [5.74, 6) is 0.0257. The number of phenols is 1. The Morgan fingerprint density at radius 1 is 1.17 bits per heavy atom. The third-order valence-electron chi connectivity index (χ3n) is 3.66. The standard InChI is InChI=1S/C18H17N3O2/c1-12(13-6-8-15(22)9-7-13)20-21-18(23)10-14-11-19-17-5-3-2-4-16(14)17/h2-9,11,19,22H,10H2,1H3,(H,21,23). The Kier molecular flexibility index (Phi) is 4.10. The highest BCUT2D eigenvalue weighted by molar-refractivity contribution is 5.99. The minimum Gasteiger partial charge on any atom is -0.508 e. The number of hydrazone groups is 1. The van der Waals surface area contributed by atoms with Crippen LogP contribution in [-0.4, -0.2) is 21.7 Å². The molecule has 0 aliphatic carbocycles. The summed E-state index contributed by atoms with van der Waals surface area (Å²) < 4.78 is 0. The molecular weight excluding hydrogens is 290 g/mol. The van der Waals surface area contributed by atoms with Crippen LogP contribution in [0.5, 0.6) is 5.75 Å². The minimum absolute atomic E-state index is 0.173. The Bertz CT molecular complexity index is 863. The predicted molar refractivity (Wildman–Crippen MR) is 90.5 cm³/mol. The van der Waals surface area contributed by atoms with Gasteiger partial charge in [0.25, 0.3) is 0 Å². The zero-order valence-corrected chi connectivity index (χ0v) is 12.7. The lowest BCUT2D eigenvalue weighted by atomic mass is 10.1. The average Bonchev–Trinajstić information content (AvgIpc) is 2.96. The van der Waals surface area contributed by atoms with E-state index in [2.05, 4.69) is 15.5 Å². The van der Waals surface area contributed by atoms with Crippen molar-refractivity contribution < 1.29 is 9.90 Å². The lowest BCUT2D eigenvalue weighted by Gasteiger charge is -2.03. The number of aromatic amines is 1. The number of aromatic hydroxyl groups is 1. The number of aromatic nitrogens is 1. The largest absolute Gasteiger partial charge is 0.508 e. The van der Waals surface area contributed by atoms with Crippen LogP contribution in [0.25, 0.3) is 10.9 Å². The number of H-pyrrole nitrogens is 1. The van der Waals surface area contributed by atoms with Crippen LogP contribution in [0.15, 0.2) is 59.8 Å². The Morgan fingerprint density at radius 2 is 1.91 bits per heavy atom. The molecule has 2 aromatic carbocycles. The maximum atomic E-state index is 12.1. The van der Waals surface area contributed by atoms with Gasteiger partial charge in [-0.3, -0.25) is 4.79 Å². The summed E-state index contributed by atoms with van der Waals surface area (Å²) >= 11 is 0. The molecule has 0 atom stereocenters. The Labute approximate surface area is 133 Å². The maximum absolute atomic E-state index is 12.1. The summed E-state index contributed by atoms with van der Waals surface area (Å²) in [4.78, 5) is 15.2. The van der Waals surface area contributed by atoms with Crippen LogP contribution in [0, 0.1) is 0 Å². The van der Waals surface area contributed by atoms with Crippen molar-refractivity contribution in [1.82, 2.24) is 10.4 Å². The summed E-state index contributed by atoms with van der Waals surface area (Å²) in [7, 11) is 0. The first kappa shape index (κ1) is 14.8. The molecule has 0 bridgehead atoms. The first-order valence-corrected chi connectivity index (χ1v) is 7.31. The second-order valence-electron chi connectivity index (χ2n) is 5.32. The average molecular weight is 307 g/mol. The summed E-state index contributed by atoms with van der Waals surface area (Å²) in [6, 6.07) is 14.5. The van der Waals surface area contributed by atoms with Crippen molar-refractivity contribution in [3.05, 3.63) is 65.9 Å². The Morgan fingerprint density at radius 3 is 2.70 bits per heavy atom. The summed E-state index contributed by atoms with van der Waals surface area (Å²) in [5, 5.41) is 14.4. The van der Waals surface area contributed by atoms with Gasteiger partial charge < -0.3 is 10.1 Å². The first-order chi connectivity index (χ1) is 11.1. The minimum atomic E-state index is -0.173. The molecule has 0 saturated carbocycles. The second-order valence-corrected chi connectivity index (χ2v) is 5.32. The van der Waals surface area contributed by atoms with E-state index < -0.39 is 0 Å². The molecule has 1 aromatic heterocycles. The molecule has 5 nitrogen and oxygen atoms in total. The smallest absolute Gasteiger partial charge is 0.244 e. The molecule has 1 heterocycles. The lowest BCUT2D eigenvalue weighted by molar-refractivity contribution is -0.120. The fourth-order valence-corrected chi connectivity index (χ4v) is 2.40. The first-order valence-electron chi connectivity index (χ1n) is 7.31. The van der Waals surface area contributed by atoms with Crippen molar-refractivity contribution in [2.24, 2.45) is 5.10 Å². The van der Waals surface area contributed by atoms with Crippen LogP contribution in [0.2, 0.25) is 0 Å². The zero-order chi connectivity index (χ0) is 16.2. The molecule has 0 unspecified atom stereocenters. The van der Waals surface area contributed by atoms with Crippen molar-refractivity contribution in [2.75, 3.05) is 0 Å². The van der Waals surface area contributed by atoms with Crippen molar-refractivity contribution in [3.63, 3.8) is 0 Å². The number of carbonyl (C=O) groups excluding carboxylic acids is 1. The Hall–Kier alpha value is -3.08. The molecule has 1 amide bonds. The van der Waals surface area contributed by atoms with Crippen molar-refractivity contribution in [3.8, 4) is 5.75 Å². The molecule has 3 rings (SSSR count). The number of phenolic OH excluding ortho intramolecular Hbond substituents is 1. The lowest BCUT2D eigenvalue weighted by Crippen LogP contribution is -2.21. The number of nitrogens with zero attached hydrogens (tertiary/aromatic N) is 1. The van der Waals surface area contributed by atoms with Gasteiger partial charge in [-0.05, 0) is 48.4 Å². The highest BCUT2D eigenvalue weighted by atomic mass is 16.3. The molecule has 23 heavy (non-hydrogen) atoms. The van der Waals surface area contributed by atoms with Gasteiger partial charge in [0.2, 0.25) is 5.91 Å². The summed E-state index contributed by atoms with van der Waals surface area (Å²) in [6.07, 6.45) is 2.11. The van der Waals surface area contributed by atoms with Crippen LogP contribution in [0.3, 0.4) is 0 Å². The van der Waals surface area contributed by atoms with E-state index in [0.29, 0.717) is 5.71 Å². The normalized spacial score (nSPS) is 11.6. The molecule has 0 spiro atoms. The SMILES string of the molecule is CC(=NNC(=O)Cc1c[nH]c2ccccc12)c1ccc(O)cc1. The Balaban J connectivity index is 1.67. The molecule has 3 N–H and O–H groups in total. The van der Waals surface area contributed by atoms with Gasteiger partial charge in [0, 0.05) is 17.1 Å². The fraction of sp³-hybridized carbons (Fsp3) is 0.111. The van der Waals surface area contributed by atoms with Crippen LogP contribution in [0.1, 0.15) is 18.1 Å². The van der Waals surface area contributed by atoms with Crippen LogP contribution >= 0.6 is 0 Å². The van der Waals surface area contributed by atoms with Crippen molar-refractivity contribution >= 4 is 22.5 Å². The number of rotatable bonds is 4. The highest BCUT2D eigenvalue weighted by Crippen LogP contribution is 2.18. The molecule has 0 radical (unpaired) electrons. The van der Waals surface area contributed by atoms with Crippen molar-refractivity contribution in [2.45, 2.75) is 13.3 Å². The van der Waals surface area contributed by atoms with E-state index >= 15 is 0 Å². The highest BCUT2D eigenvalue weighted by Gasteiger charge is 2.08. The van der Waals surface area contributed by atoms with Gasteiger partial charge in [-0.1, -0.05) is 18.2 Å². The summed E-state index contributed by atoms with van der Waals surface area (Å²) in [6.45, 7) is 1.80. The molecule has 0 fully saturated rings. The maximum Gasteiger partial charge on any atom is 0.244 e. The third kappa shape index (κ3) is 3.40. The number of fused-ring (bicyclic) bond motifs is 1. The fourth-order valence-electron chi connectivity index (χ4n) is 2.40. The number of benzene rings is 2. The van der Waals surface area contributed by atoms with E-state index in [1.54, 1.807) is 31.2 Å². The van der Waals surface area contributed by atoms with Gasteiger partial charge in [0.1, 0.15) is 5.75 Å². The van der Waals surface area contributed by atoms with Gasteiger partial charge >= 0.3 is 0 Å². The molecule has 3 aromatic rings. The van der Waals surface area contributed by atoms with Crippen LogP contribution in [-0.2, 0) is 11.2 Å². The van der Waals surface area contributed by atoms with E-state index in [1.807, 2.05) is 30.5 Å². The number of nitrogens with one attached hydrogen (secondary N) is 2. The second kappa shape index (κ2) is 6.36. The van der Waals surface area contributed by atoms with Crippen LogP contribution < -0.4 is 5.43 Å². The van der Waals surface area contributed by atoms with E-state index in [9.17, 15) is 9.90 Å². The molecular formula is C18H17N3O2. The molecule has 116 valence electrons. The van der Waals surface area contributed by atoms with E-state index in [0.717, 1.165) is 22.0 Å². The van der Waals surface area contributed by atoms with Crippen molar-refractivity contribution in [1.29, 1.82) is 0 Å². The predicted octanol–water partition coefficient (Wildman–Crippen LogP) is 2.96. The van der Waals surface area contributed by atoms with E-state index in [1.165, 1.54) is 0 Å². The molecule has 0 aliphatic heterocycles. The molecule has 0 aliphatic rings. The topological polar surface area (TPSA) is 77.5 Å². The zero-order valence-electron chi connectivity index (χ0n) is 12.7. The monoisotopic (exact) mass is 307 g/mol. The van der Waals surface area contributed by atoms with Gasteiger partial charge in [-0.2, -0.15) is 5.10 Å². The van der Waals surface area contributed by atoms with Gasteiger partial charge in [-0.15, -0.1) is 0 Å². The quantitative estimate of drug-likeness (QED) is 0.512. The number of para-hydroxylation sites is 1. The van der Waals surface area contributed by atoms with Gasteiger partial charge in [0.05, 0.1) is 12.1 Å². The molecule has 5 heteroatoms. The number of carbonyl (C=O) groups is 1. The number of amides is 1. The van der Waals surface area contributed by atoms with Gasteiger partial charge in [0.15, 0.2) is 0 Å². The number of hydrogen-bond donors (Lipinski definition) is 3. The van der Waals surface area contributed by atoms with E-state index in [4.69, 9.17) is 0 Å². The van der Waals surface area contributed by atoms with Crippen LogP contribution in [0.4, 0.5) is 0 Å². The number of hydrogen-bond acceptors (Lipinski definition) is 3. The summed E-state index contributed by atoms with van der Waals surface area (Å²) in [5.41, 5.74) is 6.05. The molecule has 0 saturated heterocycles. The third-order valence-corrected chi connectivity index (χ3v) is 3.66.